The van der Waals surface area contributed by atoms with Gasteiger partial charge in [-0.05, 0) is 33.5 Å². The maximum absolute atomic E-state index is 11.1. The van der Waals surface area contributed by atoms with E-state index in [4.69, 9.17) is 5.11 Å². The topological polar surface area (TPSA) is 42.2 Å². The van der Waals surface area contributed by atoms with E-state index in [0.29, 0.717) is 12.2 Å². The Balaban J connectivity index is 2.22. The van der Waals surface area contributed by atoms with Crippen molar-refractivity contribution in [3.8, 4) is 0 Å². The van der Waals surface area contributed by atoms with Crippen molar-refractivity contribution in [2.24, 2.45) is 0 Å². The third kappa shape index (κ3) is 2.82. The molecule has 4 heteroatoms. The molecule has 0 amide bonds. The number of carboxylic acid groups (broad SMARTS) is 1. The maximum Gasteiger partial charge on any atom is 0.352 e. The average molecular weight is 308 g/mol. The van der Waals surface area contributed by atoms with Crippen LogP contribution in [0.2, 0.25) is 0 Å². The summed E-state index contributed by atoms with van der Waals surface area (Å²) >= 11 is 3.31. The molecule has 0 spiro atoms. The van der Waals surface area contributed by atoms with Gasteiger partial charge in [0.05, 0.1) is 0 Å². The Morgan fingerprint density at radius 2 is 2.06 bits per heavy atom. The van der Waals surface area contributed by atoms with Crippen LogP contribution >= 0.6 is 15.9 Å². The summed E-state index contributed by atoms with van der Waals surface area (Å²) in [6, 6.07) is 11.7. The van der Waals surface area contributed by atoms with E-state index in [1.165, 1.54) is 5.56 Å². The van der Waals surface area contributed by atoms with Crippen LogP contribution in [0.3, 0.4) is 0 Å². The first-order chi connectivity index (χ1) is 8.58. The van der Waals surface area contributed by atoms with E-state index in [2.05, 4.69) is 35.0 Å². The third-order valence-corrected chi connectivity index (χ3v) is 3.36. The predicted molar refractivity (Wildman–Crippen MR) is 73.9 cm³/mol. The molecule has 1 aromatic heterocycles. The highest BCUT2D eigenvalue weighted by molar-refractivity contribution is 9.10. The van der Waals surface area contributed by atoms with Gasteiger partial charge in [0.2, 0.25) is 0 Å². The van der Waals surface area contributed by atoms with Gasteiger partial charge in [-0.3, -0.25) is 0 Å². The van der Waals surface area contributed by atoms with Gasteiger partial charge in [0.15, 0.2) is 0 Å². The van der Waals surface area contributed by atoms with Crippen LogP contribution in [0, 0.1) is 0 Å². The second-order valence-corrected chi connectivity index (χ2v) is 5.23. The summed E-state index contributed by atoms with van der Waals surface area (Å²) < 4.78 is 2.56. The summed E-state index contributed by atoms with van der Waals surface area (Å²) in [5, 5.41) is 9.12. The van der Waals surface area contributed by atoms with E-state index < -0.39 is 5.97 Å². The van der Waals surface area contributed by atoms with Gasteiger partial charge in [0, 0.05) is 17.2 Å². The van der Waals surface area contributed by atoms with E-state index in [-0.39, 0.29) is 5.92 Å². The Bertz CT molecular complexity index is 548. The van der Waals surface area contributed by atoms with Crippen LogP contribution in [0.25, 0.3) is 0 Å². The first-order valence-corrected chi connectivity index (χ1v) is 6.51. The molecule has 94 valence electrons. The quantitative estimate of drug-likeness (QED) is 0.934. The van der Waals surface area contributed by atoms with Gasteiger partial charge < -0.3 is 9.67 Å². The van der Waals surface area contributed by atoms with E-state index in [1.807, 2.05) is 24.4 Å². The lowest BCUT2D eigenvalue weighted by atomic mass is 10.0. The summed E-state index contributed by atoms with van der Waals surface area (Å²) in [7, 11) is 0. The number of rotatable bonds is 4. The van der Waals surface area contributed by atoms with Gasteiger partial charge in [-0.2, -0.15) is 0 Å². The van der Waals surface area contributed by atoms with Crippen LogP contribution in [-0.4, -0.2) is 15.6 Å². The zero-order chi connectivity index (χ0) is 13.1. The van der Waals surface area contributed by atoms with Gasteiger partial charge in [0.1, 0.15) is 5.69 Å². The minimum absolute atomic E-state index is 0.267. The molecule has 18 heavy (non-hydrogen) atoms. The summed E-state index contributed by atoms with van der Waals surface area (Å²) in [4.78, 5) is 11.1. The van der Waals surface area contributed by atoms with E-state index >= 15 is 0 Å². The minimum Gasteiger partial charge on any atom is -0.477 e. The predicted octanol–water partition coefficient (Wildman–Crippen LogP) is 3.75. The lowest BCUT2D eigenvalue weighted by molar-refractivity contribution is 0.0684. The number of aromatic carboxylic acids is 1. The Morgan fingerprint density at radius 3 is 2.67 bits per heavy atom. The van der Waals surface area contributed by atoms with Gasteiger partial charge in [0.25, 0.3) is 0 Å². The summed E-state index contributed by atoms with van der Waals surface area (Å²) in [6.45, 7) is 2.74. The number of carboxylic acids is 1. The number of nitrogens with zero attached hydrogens (tertiary/aromatic N) is 1. The normalized spacial score (nSPS) is 12.3. The molecule has 0 saturated carbocycles. The SMILES string of the molecule is CC(Cn1cc(Br)cc1C(=O)O)c1ccccc1. The number of aromatic nitrogens is 1. The molecule has 2 aromatic rings. The van der Waals surface area contributed by atoms with Crippen molar-refractivity contribution in [1.82, 2.24) is 4.57 Å². The first-order valence-electron chi connectivity index (χ1n) is 5.72. The highest BCUT2D eigenvalue weighted by atomic mass is 79.9. The molecule has 1 unspecified atom stereocenters. The molecule has 0 aliphatic heterocycles. The number of hydrogen-bond acceptors (Lipinski definition) is 1. The van der Waals surface area contributed by atoms with Gasteiger partial charge in [-0.1, -0.05) is 37.3 Å². The highest BCUT2D eigenvalue weighted by Crippen LogP contribution is 2.21. The Morgan fingerprint density at radius 1 is 1.39 bits per heavy atom. The van der Waals surface area contributed by atoms with E-state index in [1.54, 1.807) is 10.6 Å². The first kappa shape index (κ1) is 12.9. The third-order valence-electron chi connectivity index (χ3n) is 2.92. The van der Waals surface area contributed by atoms with Crippen molar-refractivity contribution in [2.75, 3.05) is 0 Å². The minimum atomic E-state index is -0.902. The summed E-state index contributed by atoms with van der Waals surface area (Å²) in [5.74, 6) is -0.635. The van der Waals surface area contributed by atoms with Crippen molar-refractivity contribution >= 4 is 21.9 Å². The molecule has 2 rings (SSSR count). The number of halogens is 1. The van der Waals surface area contributed by atoms with Crippen LogP contribution in [0.5, 0.6) is 0 Å². The molecule has 0 radical (unpaired) electrons. The molecular weight excluding hydrogens is 294 g/mol. The summed E-state index contributed by atoms with van der Waals surface area (Å²) in [6.07, 6.45) is 1.81. The highest BCUT2D eigenvalue weighted by Gasteiger charge is 2.14. The zero-order valence-electron chi connectivity index (χ0n) is 10.0. The molecule has 0 bridgehead atoms. The largest absolute Gasteiger partial charge is 0.477 e. The van der Waals surface area contributed by atoms with Crippen LogP contribution in [-0.2, 0) is 6.54 Å². The molecule has 1 atom stereocenters. The fraction of sp³-hybridized carbons (Fsp3) is 0.214. The molecule has 0 fully saturated rings. The lowest BCUT2D eigenvalue weighted by Gasteiger charge is -2.14. The second-order valence-electron chi connectivity index (χ2n) is 4.31. The Labute approximate surface area is 114 Å². The molecule has 0 aliphatic rings. The standard InChI is InChI=1S/C14H14BrNO2/c1-10(11-5-3-2-4-6-11)8-16-9-12(15)7-13(16)14(17)18/h2-7,9-10H,8H2,1H3,(H,17,18). The molecule has 1 aromatic carbocycles. The fourth-order valence-electron chi connectivity index (χ4n) is 1.99. The van der Waals surface area contributed by atoms with Crippen LogP contribution in [0.1, 0.15) is 28.9 Å². The van der Waals surface area contributed by atoms with Crippen molar-refractivity contribution < 1.29 is 9.90 Å². The van der Waals surface area contributed by atoms with Crippen LogP contribution in [0.4, 0.5) is 0 Å². The molecule has 0 saturated heterocycles. The molecule has 3 nitrogen and oxygen atoms in total. The maximum atomic E-state index is 11.1. The smallest absolute Gasteiger partial charge is 0.352 e. The lowest BCUT2D eigenvalue weighted by Crippen LogP contribution is -2.11. The van der Waals surface area contributed by atoms with Crippen LogP contribution < -0.4 is 0 Å². The molecule has 1 N–H and O–H groups in total. The number of benzene rings is 1. The monoisotopic (exact) mass is 307 g/mol. The van der Waals surface area contributed by atoms with E-state index in [9.17, 15) is 4.79 Å². The van der Waals surface area contributed by atoms with Gasteiger partial charge in [-0.15, -0.1) is 0 Å². The van der Waals surface area contributed by atoms with E-state index in [0.717, 1.165) is 4.47 Å². The fourth-order valence-corrected chi connectivity index (χ4v) is 2.45. The molecule has 1 heterocycles. The number of carbonyl (C=O) groups is 1. The average Bonchev–Trinajstić information content (AvgIpc) is 2.71. The Hall–Kier alpha value is -1.55. The van der Waals surface area contributed by atoms with Crippen LogP contribution in [0.15, 0.2) is 47.1 Å². The van der Waals surface area contributed by atoms with Crippen molar-refractivity contribution in [3.63, 3.8) is 0 Å². The summed E-state index contributed by atoms with van der Waals surface area (Å²) in [5.41, 5.74) is 1.52. The van der Waals surface area contributed by atoms with Gasteiger partial charge >= 0.3 is 5.97 Å². The molecule has 0 aliphatic carbocycles. The van der Waals surface area contributed by atoms with Gasteiger partial charge in [-0.25, -0.2) is 4.79 Å². The van der Waals surface area contributed by atoms with Crippen molar-refractivity contribution in [3.05, 3.63) is 58.3 Å². The van der Waals surface area contributed by atoms with Crippen molar-refractivity contribution in [1.29, 1.82) is 0 Å². The number of hydrogen-bond donors (Lipinski definition) is 1. The Kier molecular flexibility index (Phi) is 3.87. The van der Waals surface area contributed by atoms with Crippen molar-refractivity contribution in [2.45, 2.75) is 19.4 Å². The second kappa shape index (κ2) is 5.40. The zero-order valence-corrected chi connectivity index (χ0v) is 11.6. The molecular formula is C14H14BrNO2.